The van der Waals surface area contributed by atoms with E-state index < -0.39 is 0 Å². The summed E-state index contributed by atoms with van der Waals surface area (Å²) in [6, 6.07) is 15.0. The molecule has 0 radical (unpaired) electrons. The maximum absolute atomic E-state index is 5.65. The second kappa shape index (κ2) is 6.07. The smallest absolute Gasteiger partial charge is 0.226 e. The van der Waals surface area contributed by atoms with E-state index in [-0.39, 0.29) is 0 Å². The number of benzene rings is 1. The predicted octanol–water partition coefficient (Wildman–Crippen LogP) is 4.74. The molecule has 3 heterocycles. The van der Waals surface area contributed by atoms with Gasteiger partial charge in [0.25, 0.3) is 0 Å². The van der Waals surface area contributed by atoms with Crippen LogP contribution in [-0.4, -0.2) is 16.4 Å². The van der Waals surface area contributed by atoms with Gasteiger partial charge in [-0.05, 0) is 43.0 Å². The van der Waals surface area contributed by atoms with Gasteiger partial charge in [-0.15, -0.1) is 11.3 Å². The summed E-state index contributed by atoms with van der Waals surface area (Å²) in [5.74, 6) is 0.711. The van der Waals surface area contributed by atoms with E-state index in [1.54, 1.807) is 6.26 Å². The van der Waals surface area contributed by atoms with Crippen molar-refractivity contribution in [2.24, 2.45) is 0 Å². The average molecular weight is 310 g/mol. The molecule has 4 rings (SSSR count). The van der Waals surface area contributed by atoms with Crippen LogP contribution in [0.1, 0.15) is 29.5 Å². The van der Waals surface area contributed by atoms with E-state index in [1.807, 2.05) is 41.7 Å². The zero-order valence-electron chi connectivity index (χ0n) is 12.3. The maximum atomic E-state index is 5.65. The van der Waals surface area contributed by atoms with Gasteiger partial charge in [0, 0.05) is 23.0 Å². The van der Waals surface area contributed by atoms with E-state index in [4.69, 9.17) is 4.42 Å². The second-order valence-electron chi connectivity index (χ2n) is 5.65. The largest absolute Gasteiger partial charge is 0.444 e. The van der Waals surface area contributed by atoms with Crippen LogP contribution in [0.25, 0.3) is 11.5 Å². The fourth-order valence-electron chi connectivity index (χ4n) is 3.12. The van der Waals surface area contributed by atoms with Crippen molar-refractivity contribution in [3.05, 3.63) is 64.7 Å². The van der Waals surface area contributed by atoms with Crippen LogP contribution in [0.2, 0.25) is 0 Å². The molecule has 22 heavy (non-hydrogen) atoms. The summed E-state index contributed by atoms with van der Waals surface area (Å²) in [6.07, 6.45) is 4.29. The Morgan fingerprint density at radius 2 is 2.09 bits per heavy atom. The number of oxazole rings is 1. The Labute approximate surface area is 134 Å². The van der Waals surface area contributed by atoms with Gasteiger partial charge in [-0.3, -0.25) is 4.90 Å². The zero-order chi connectivity index (χ0) is 14.8. The molecule has 0 saturated carbocycles. The first-order chi connectivity index (χ1) is 10.9. The molecule has 2 aromatic heterocycles. The predicted molar refractivity (Wildman–Crippen MR) is 88.6 cm³/mol. The lowest BCUT2D eigenvalue weighted by Gasteiger charge is -2.22. The van der Waals surface area contributed by atoms with Crippen molar-refractivity contribution in [3.8, 4) is 11.5 Å². The molecule has 1 atom stereocenters. The SMILES string of the molecule is c1ccc(-c2nc(CN3CCCC3c3cccs3)co2)cc1. The Bertz CT molecular complexity index is 721. The van der Waals surface area contributed by atoms with Crippen LogP contribution >= 0.6 is 11.3 Å². The van der Waals surface area contributed by atoms with Gasteiger partial charge < -0.3 is 4.42 Å². The molecular formula is C18H18N2OS. The van der Waals surface area contributed by atoms with Crippen LogP contribution in [0.5, 0.6) is 0 Å². The van der Waals surface area contributed by atoms with Gasteiger partial charge in [0.1, 0.15) is 6.26 Å². The average Bonchev–Trinajstić information content (AvgIpc) is 3.30. The molecule has 112 valence electrons. The Balaban J connectivity index is 1.51. The van der Waals surface area contributed by atoms with Gasteiger partial charge in [-0.1, -0.05) is 24.3 Å². The number of aromatic nitrogens is 1. The fourth-order valence-corrected chi connectivity index (χ4v) is 4.01. The number of thiophene rings is 1. The van der Waals surface area contributed by atoms with Crippen LogP contribution in [0.3, 0.4) is 0 Å². The molecule has 1 unspecified atom stereocenters. The minimum absolute atomic E-state index is 0.539. The van der Waals surface area contributed by atoms with Crippen LogP contribution in [0.4, 0.5) is 0 Å². The molecule has 1 aliphatic rings. The Hall–Kier alpha value is -1.91. The number of hydrogen-bond donors (Lipinski definition) is 0. The number of hydrogen-bond acceptors (Lipinski definition) is 4. The van der Waals surface area contributed by atoms with Gasteiger partial charge in [-0.25, -0.2) is 4.98 Å². The third-order valence-corrected chi connectivity index (χ3v) is 5.15. The Kier molecular flexibility index (Phi) is 3.79. The summed E-state index contributed by atoms with van der Waals surface area (Å²) < 4.78 is 5.65. The molecule has 1 aliphatic heterocycles. The summed E-state index contributed by atoms with van der Waals surface area (Å²) in [6.45, 7) is 2.00. The minimum Gasteiger partial charge on any atom is -0.444 e. The van der Waals surface area contributed by atoms with E-state index in [1.165, 1.54) is 17.7 Å². The van der Waals surface area contributed by atoms with Crippen molar-refractivity contribution in [1.82, 2.24) is 9.88 Å². The first-order valence-electron chi connectivity index (χ1n) is 7.67. The monoisotopic (exact) mass is 310 g/mol. The van der Waals surface area contributed by atoms with Crippen LogP contribution in [0, 0.1) is 0 Å². The first kappa shape index (κ1) is 13.7. The molecule has 0 bridgehead atoms. The molecule has 3 nitrogen and oxygen atoms in total. The van der Waals surface area contributed by atoms with Gasteiger partial charge in [0.15, 0.2) is 0 Å². The lowest BCUT2D eigenvalue weighted by atomic mass is 10.2. The summed E-state index contributed by atoms with van der Waals surface area (Å²) >= 11 is 1.85. The molecule has 1 fully saturated rings. The first-order valence-corrected chi connectivity index (χ1v) is 8.55. The normalized spacial score (nSPS) is 18.8. The maximum Gasteiger partial charge on any atom is 0.226 e. The Morgan fingerprint density at radius 1 is 1.18 bits per heavy atom. The third kappa shape index (κ3) is 2.72. The number of likely N-dealkylation sites (tertiary alicyclic amines) is 1. The highest BCUT2D eigenvalue weighted by Crippen LogP contribution is 2.35. The van der Waals surface area contributed by atoms with Crippen molar-refractivity contribution >= 4 is 11.3 Å². The molecule has 0 aliphatic carbocycles. The summed E-state index contributed by atoms with van der Waals surface area (Å²) in [5.41, 5.74) is 2.05. The second-order valence-corrected chi connectivity index (χ2v) is 6.63. The molecule has 1 aromatic carbocycles. The van der Waals surface area contributed by atoms with Gasteiger partial charge in [0.05, 0.1) is 5.69 Å². The highest BCUT2D eigenvalue weighted by Gasteiger charge is 2.27. The molecule has 4 heteroatoms. The van der Waals surface area contributed by atoms with E-state index in [0.29, 0.717) is 11.9 Å². The topological polar surface area (TPSA) is 29.3 Å². The van der Waals surface area contributed by atoms with E-state index in [0.717, 1.165) is 24.3 Å². The molecule has 0 N–H and O–H groups in total. The molecular weight excluding hydrogens is 292 g/mol. The van der Waals surface area contributed by atoms with Crippen LogP contribution < -0.4 is 0 Å². The lowest BCUT2D eigenvalue weighted by molar-refractivity contribution is 0.248. The van der Waals surface area contributed by atoms with Gasteiger partial charge >= 0.3 is 0 Å². The van der Waals surface area contributed by atoms with Crippen molar-refractivity contribution in [1.29, 1.82) is 0 Å². The standard InChI is InChI=1S/C18H18N2OS/c1-2-6-14(7-3-1)18-19-15(13-21-18)12-20-10-4-8-16(20)17-9-5-11-22-17/h1-3,5-7,9,11,13,16H,4,8,10,12H2. The van der Waals surface area contributed by atoms with Gasteiger partial charge in [-0.2, -0.15) is 0 Å². The number of nitrogens with zero attached hydrogens (tertiary/aromatic N) is 2. The Morgan fingerprint density at radius 3 is 2.91 bits per heavy atom. The molecule has 3 aromatic rings. The molecule has 0 amide bonds. The molecule has 0 spiro atoms. The minimum atomic E-state index is 0.539. The summed E-state index contributed by atoms with van der Waals surface area (Å²) in [4.78, 5) is 8.63. The highest BCUT2D eigenvalue weighted by molar-refractivity contribution is 7.10. The van der Waals surface area contributed by atoms with Gasteiger partial charge in [0.2, 0.25) is 5.89 Å². The summed E-state index contributed by atoms with van der Waals surface area (Å²) in [5, 5.41) is 2.16. The van der Waals surface area contributed by atoms with Crippen molar-refractivity contribution in [3.63, 3.8) is 0 Å². The van der Waals surface area contributed by atoms with Crippen molar-refractivity contribution in [2.45, 2.75) is 25.4 Å². The van der Waals surface area contributed by atoms with Crippen molar-refractivity contribution < 1.29 is 4.42 Å². The van der Waals surface area contributed by atoms with Crippen LogP contribution in [-0.2, 0) is 6.54 Å². The number of rotatable bonds is 4. The molecule has 1 saturated heterocycles. The van der Waals surface area contributed by atoms with E-state index in [2.05, 4.69) is 27.4 Å². The van der Waals surface area contributed by atoms with E-state index >= 15 is 0 Å². The quantitative estimate of drug-likeness (QED) is 0.697. The van der Waals surface area contributed by atoms with Crippen molar-refractivity contribution in [2.75, 3.05) is 6.54 Å². The van der Waals surface area contributed by atoms with Crippen LogP contribution in [0.15, 0.2) is 58.5 Å². The third-order valence-electron chi connectivity index (χ3n) is 4.17. The zero-order valence-corrected chi connectivity index (χ0v) is 13.1. The lowest BCUT2D eigenvalue weighted by Crippen LogP contribution is -2.22. The summed E-state index contributed by atoms with van der Waals surface area (Å²) in [7, 11) is 0. The fraction of sp³-hybridized carbons (Fsp3) is 0.278. The van der Waals surface area contributed by atoms with E-state index in [9.17, 15) is 0 Å². The highest BCUT2D eigenvalue weighted by atomic mass is 32.1.